The Kier molecular flexibility index (Phi) is 6.05. The molecule has 1 atom stereocenters. The van der Waals surface area contributed by atoms with E-state index >= 15 is 0 Å². The van der Waals surface area contributed by atoms with Crippen molar-refractivity contribution in [1.29, 1.82) is 0 Å². The molecular formula is C17H28N4. The minimum Gasteiger partial charge on any atom is -0.370 e. The fourth-order valence-corrected chi connectivity index (χ4v) is 2.87. The van der Waals surface area contributed by atoms with Crippen molar-refractivity contribution in [1.82, 2.24) is 4.90 Å². The van der Waals surface area contributed by atoms with E-state index < -0.39 is 0 Å². The second kappa shape index (κ2) is 8.03. The number of piperidine rings is 1. The molecule has 3 N–H and O–H groups in total. The van der Waals surface area contributed by atoms with E-state index in [0.29, 0.717) is 11.9 Å². The zero-order chi connectivity index (χ0) is 15.1. The molecule has 4 nitrogen and oxygen atoms in total. The number of benzene rings is 1. The Bertz CT molecular complexity index is 470. The number of aryl methyl sites for hydroxylation is 1. The molecule has 1 aromatic carbocycles. The van der Waals surface area contributed by atoms with Crippen LogP contribution in [0.5, 0.6) is 0 Å². The van der Waals surface area contributed by atoms with Crippen molar-refractivity contribution in [2.45, 2.75) is 33.1 Å². The molecule has 0 aliphatic carbocycles. The van der Waals surface area contributed by atoms with Gasteiger partial charge in [0.2, 0.25) is 0 Å². The van der Waals surface area contributed by atoms with Crippen LogP contribution in [0.15, 0.2) is 29.3 Å². The number of nitrogens with zero attached hydrogens (tertiary/aromatic N) is 2. The number of nitrogens with one attached hydrogen (secondary N) is 1. The summed E-state index contributed by atoms with van der Waals surface area (Å²) in [7, 11) is 0. The standard InChI is InChI=1S/C17H28N4/c1-3-14-7-5-9-16(11-14)20-17(18)19-12-15-8-6-10-21(4-2)13-15/h5,7,9,11,15H,3-4,6,8,10,12-13H2,1-2H3,(H3,18,19,20). The van der Waals surface area contributed by atoms with Gasteiger partial charge in [0.15, 0.2) is 5.96 Å². The molecule has 116 valence electrons. The lowest BCUT2D eigenvalue weighted by Crippen LogP contribution is -2.36. The van der Waals surface area contributed by atoms with Crippen LogP contribution in [0, 0.1) is 5.92 Å². The summed E-state index contributed by atoms with van der Waals surface area (Å²) >= 11 is 0. The number of anilines is 1. The molecule has 1 unspecified atom stereocenters. The molecule has 1 fully saturated rings. The molecule has 0 amide bonds. The van der Waals surface area contributed by atoms with Gasteiger partial charge in [0, 0.05) is 18.8 Å². The van der Waals surface area contributed by atoms with Gasteiger partial charge in [0.25, 0.3) is 0 Å². The Labute approximate surface area is 128 Å². The number of likely N-dealkylation sites (tertiary alicyclic amines) is 1. The molecule has 0 spiro atoms. The lowest BCUT2D eigenvalue weighted by molar-refractivity contribution is 0.187. The fourth-order valence-electron chi connectivity index (χ4n) is 2.87. The number of hydrogen-bond donors (Lipinski definition) is 2. The Balaban J connectivity index is 1.85. The van der Waals surface area contributed by atoms with Crippen molar-refractivity contribution in [2.75, 3.05) is 31.5 Å². The van der Waals surface area contributed by atoms with E-state index in [0.717, 1.165) is 31.7 Å². The van der Waals surface area contributed by atoms with Crippen molar-refractivity contribution >= 4 is 11.6 Å². The second-order valence-electron chi connectivity index (χ2n) is 5.81. The minimum absolute atomic E-state index is 0.525. The van der Waals surface area contributed by atoms with E-state index in [2.05, 4.69) is 47.3 Å². The maximum Gasteiger partial charge on any atom is 0.193 e. The molecule has 21 heavy (non-hydrogen) atoms. The Hall–Kier alpha value is -1.55. The average molecular weight is 288 g/mol. The normalized spacial score (nSPS) is 20.5. The van der Waals surface area contributed by atoms with Crippen LogP contribution in [0.3, 0.4) is 0 Å². The van der Waals surface area contributed by atoms with Gasteiger partial charge in [-0.2, -0.15) is 0 Å². The highest BCUT2D eigenvalue weighted by Gasteiger charge is 2.18. The zero-order valence-electron chi connectivity index (χ0n) is 13.3. The Morgan fingerprint density at radius 3 is 3.05 bits per heavy atom. The second-order valence-corrected chi connectivity index (χ2v) is 5.81. The molecule has 1 aromatic rings. The van der Waals surface area contributed by atoms with Gasteiger partial charge in [-0.25, -0.2) is 0 Å². The fraction of sp³-hybridized carbons (Fsp3) is 0.588. The van der Waals surface area contributed by atoms with E-state index in [-0.39, 0.29) is 0 Å². The molecule has 1 aliphatic rings. The van der Waals surface area contributed by atoms with Crippen LogP contribution in [0.25, 0.3) is 0 Å². The number of guanidine groups is 1. The first kappa shape index (κ1) is 15.8. The van der Waals surface area contributed by atoms with E-state index in [1.165, 1.54) is 24.9 Å². The van der Waals surface area contributed by atoms with Crippen molar-refractivity contribution < 1.29 is 0 Å². The third-order valence-electron chi connectivity index (χ3n) is 4.18. The van der Waals surface area contributed by atoms with Crippen LogP contribution < -0.4 is 11.1 Å². The Morgan fingerprint density at radius 1 is 1.43 bits per heavy atom. The van der Waals surface area contributed by atoms with Crippen LogP contribution in [-0.2, 0) is 6.42 Å². The van der Waals surface area contributed by atoms with Gasteiger partial charge in [-0.05, 0) is 56.0 Å². The topological polar surface area (TPSA) is 53.6 Å². The van der Waals surface area contributed by atoms with Crippen LogP contribution >= 0.6 is 0 Å². The van der Waals surface area contributed by atoms with Crippen LogP contribution in [0.4, 0.5) is 5.69 Å². The number of aliphatic imine (C=N–C) groups is 1. The van der Waals surface area contributed by atoms with Gasteiger partial charge in [-0.1, -0.05) is 26.0 Å². The summed E-state index contributed by atoms with van der Waals surface area (Å²) in [5, 5.41) is 3.20. The van der Waals surface area contributed by atoms with Crippen molar-refractivity contribution in [2.24, 2.45) is 16.6 Å². The monoisotopic (exact) mass is 288 g/mol. The average Bonchev–Trinajstić information content (AvgIpc) is 2.53. The first-order chi connectivity index (χ1) is 10.2. The highest BCUT2D eigenvalue weighted by molar-refractivity contribution is 5.92. The van der Waals surface area contributed by atoms with Crippen molar-refractivity contribution in [3.63, 3.8) is 0 Å². The lowest BCUT2D eigenvalue weighted by atomic mass is 9.98. The highest BCUT2D eigenvalue weighted by Crippen LogP contribution is 2.16. The third-order valence-corrected chi connectivity index (χ3v) is 4.18. The Morgan fingerprint density at radius 2 is 2.29 bits per heavy atom. The predicted molar refractivity (Wildman–Crippen MR) is 90.8 cm³/mol. The largest absolute Gasteiger partial charge is 0.370 e. The van der Waals surface area contributed by atoms with Gasteiger partial charge < -0.3 is 16.0 Å². The molecule has 1 heterocycles. The number of rotatable bonds is 5. The van der Waals surface area contributed by atoms with Gasteiger partial charge in [0.1, 0.15) is 0 Å². The number of hydrogen-bond acceptors (Lipinski definition) is 2. The van der Waals surface area contributed by atoms with Gasteiger partial charge in [0.05, 0.1) is 0 Å². The first-order valence-electron chi connectivity index (χ1n) is 8.09. The molecule has 0 bridgehead atoms. The number of nitrogens with two attached hydrogens (primary N) is 1. The molecule has 0 aromatic heterocycles. The maximum absolute atomic E-state index is 6.01. The molecular weight excluding hydrogens is 260 g/mol. The van der Waals surface area contributed by atoms with Crippen LogP contribution in [0.2, 0.25) is 0 Å². The molecule has 0 saturated carbocycles. The third kappa shape index (κ3) is 5.05. The SMILES string of the molecule is CCc1cccc(NC(N)=NCC2CCCN(CC)C2)c1. The zero-order valence-corrected chi connectivity index (χ0v) is 13.3. The quantitative estimate of drug-likeness (QED) is 0.647. The van der Waals surface area contributed by atoms with E-state index in [4.69, 9.17) is 5.73 Å². The van der Waals surface area contributed by atoms with E-state index in [9.17, 15) is 0 Å². The van der Waals surface area contributed by atoms with Crippen LogP contribution in [0.1, 0.15) is 32.3 Å². The minimum atomic E-state index is 0.525. The van der Waals surface area contributed by atoms with Crippen molar-refractivity contribution in [3.8, 4) is 0 Å². The lowest BCUT2D eigenvalue weighted by Gasteiger charge is -2.30. The molecule has 0 radical (unpaired) electrons. The molecule has 4 heteroatoms. The van der Waals surface area contributed by atoms with Gasteiger partial charge >= 0.3 is 0 Å². The summed E-state index contributed by atoms with van der Waals surface area (Å²) in [5.41, 5.74) is 8.33. The van der Waals surface area contributed by atoms with Crippen LogP contribution in [-0.4, -0.2) is 37.0 Å². The molecule has 1 aliphatic heterocycles. The summed E-state index contributed by atoms with van der Waals surface area (Å²) in [6.45, 7) is 8.72. The maximum atomic E-state index is 6.01. The van der Waals surface area contributed by atoms with E-state index in [1.54, 1.807) is 0 Å². The summed E-state index contributed by atoms with van der Waals surface area (Å²) < 4.78 is 0. The summed E-state index contributed by atoms with van der Waals surface area (Å²) in [6.07, 6.45) is 3.57. The van der Waals surface area contributed by atoms with E-state index in [1.807, 2.05) is 6.07 Å². The van der Waals surface area contributed by atoms with Gasteiger partial charge in [-0.3, -0.25) is 4.99 Å². The first-order valence-corrected chi connectivity index (χ1v) is 8.09. The highest BCUT2D eigenvalue weighted by atomic mass is 15.1. The molecule has 2 rings (SSSR count). The van der Waals surface area contributed by atoms with Crippen molar-refractivity contribution in [3.05, 3.63) is 29.8 Å². The smallest absolute Gasteiger partial charge is 0.193 e. The molecule has 1 saturated heterocycles. The predicted octanol–water partition coefficient (Wildman–Crippen LogP) is 2.71. The summed E-state index contributed by atoms with van der Waals surface area (Å²) in [6, 6.07) is 8.33. The van der Waals surface area contributed by atoms with Gasteiger partial charge in [-0.15, -0.1) is 0 Å². The summed E-state index contributed by atoms with van der Waals surface area (Å²) in [5.74, 6) is 1.16. The summed E-state index contributed by atoms with van der Waals surface area (Å²) in [4.78, 5) is 7.02.